The quantitative estimate of drug-likeness (QED) is 0.117. The molecule has 0 bridgehead atoms. The van der Waals surface area contributed by atoms with Gasteiger partial charge in [0.15, 0.2) is 0 Å². The van der Waals surface area contributed by atoms with Gasteiger partial charge in [-0.2, -0.15) is 0 Å². The van der Waals surface area contributed by atoms with Crippen LogP contribution in [0.25, 0.3) is 0 Å². The molecule has 1 aliphatic heterocycles. The molecule has 0 amide bonds. The first-order valence-electron chi connectivity index (χ1n) is 15.4. The number of nitrogens with one attached hydrogen (secondary N) is 1. The molecule has 9 nitrogen and oxygen atoms in total. The van der Waals surface area contributed by atoms with Gasteiger partial charge in [-0.25, -0.2) is 9.59 Å². The predicted molar refractivity (Wildman–Crippen MR) is 185 cm³/mol. The molecule has 0 aromatic heterocycles. The molecule has 0 fully saturated rings. The molecule has 1 atom stereocenters. The Hall–Kier alpha value is -4.47. The summed E-state index contributed by atoms with van der Waals surface area (Å²) in [5.41, 5.74) is 3.85. The summed E-state index contributed by atoms with van der Waals surface area (Å²) in [5, 5.41) is 14.7. The maximum absolute atomic E-state index is 13.8. The van der Waals surface area contributed by atoms with Crippen LogP contribution in [-0.4, -0.2) is 55.6 Å². The minimum Gasteiger partial charge on any atom is -0.466 e. The fourth-order valence-electron chi connectivity index (χ4n) is 6.24. The van der Waals surface area contributed by atoms with Gasteiger partial charge in [0, 0.05) is 41.4 Å². The third-order valence-corrected chi connectivity index (χ3v) is 8.30. The number of allylic oxidation sites excluding steroid dienone is 2. The van der Waals surface area contributed by atoms with Crippen LogP contribution in [0.1, 0.15) is 62.6 Å². The number of ether oxygens (including phenoxy) is 2. The lowest BCUT2D eigenvalue weighted by Crippen LogP contribution is -2.37. The molecular weight excluding hydrogens is 618 g/mol. The van der Waals surface area contributed by atoms with Crippen LogP contribution < -0.4 is 5.32 Å². The lowest BCUT2D eigenvalue weighted by Gasteiger charge is -2.33. The maximum atomic E-state index is 13.8. The van der Waals surface area contributed by atoms with Crippen LogP contribution in [0.3, 0.4) is 0 Å². The number of benzene rings is 3. The summed E-state index contributed by atoms with van der Waals surface area (Å²) in [6.45, 7) is 9.17. The van der Waals surface area contributed by atoms with Gasteiger partial charge < -0.3 is 19.7 Å². The van der Waals surface area contributed by atoms with Crippen LogP contribution in [0.2, 0.25) is 0 Å². The molecule has 0 spiro atoms. The summed E-state index contributed by atoms with van der Waals surface area (Å²) in [6, 6.07) is 27.0. The van der Waals surface area contributed by atoms with Crippen molar-refractivity contribution in [1.29, 1.82) is 0 Å². The Morgan fingerprint density at radius 2 is 1.47 bits per heavy atom. The van der Waals surface area contributed by atoms with E-state index in [2.05, 4.69) is 65.8 Å². The largest absolute Gasteiger partial charge is 0.466 e. The fourth-order valence-corrected chi connectivity index (χ4v) is 6.24. The van der Waals surface area contributed by atoms with Crippen molar-refractivity contribution in [2.24, 2.45) is 5.41 Å². The monoisotopic (exact) mass is 661 g/mol. The van der Waals surface area contributed by atoms with Crippen LogP contribution in [0.4, 0.5) is 5.69 Å². The smallest absolute Gasteiger partial charge is 0.336 e. The SMILES string of the molecule is COC(=O)C1=C(C)NC(C)=C(C(=O)OCC(C)(C)CN(C)CCC(c2ccccc2)c2ccccc2)[C@H]1c1cccc([N+](=O)[O-])c1.Cl. The van der Waals surface area contributed by atoms with E-state index in [1.165, 1.54) is 36.4 Å². The average molecular weight is 662 g/mol. The molecule has 1 N–H and O–H groups in total. The van der Waals surface area contributed by atoms with Gasteiger partial charge in [-0.3, -0.25) is 10.1 Å². The van der Waals surface area contributed by atoms with Crippen LogP contribution in [0.15, 0.2) is 107 Å². The fraction of sp³-hybridized carbons (Fsp3) is 0.351. The first-order valence-corrected chi connectivity index (χ1v) is 15.4. The van der Waals surface area contributed by atoms with E-state index in [1.54, 1.807) is 19.9 Å². The van der Waals surface area contributed by atoms with E-state index >= 15 is 0 Å². The van der Waals surface area contributed by atoms with Crippen molar-refractivity contribution < 1.29 is 24.0 Å². The number of methoxy groups -OCH3 is 1. The van der Waals surface area contributed by atoms with Gasteiger partial charge >= 0.3 is 11.9 Å². The zero-order chi connectivity index (χ0) is 33.4. The maximum Gasteiger partial charge on any atom is 0.336 e. The lowest BCUT2D eigenvalue weighted by atomic mass is 9.80. The Labute approximate surface area is 283 Å². The molecule has 1 heterocycles. The van der Waals surface area contributed by atoms with Gasteiger partial charge in [0.2, 0.25) is 0 Å². The molecule has 4 rings (SSSR count). The van der Waals surface area contributed by atoms with Crippen LogP contribution in [0, 0.1) is 15.5 Å². The summed E-state index contributed by atoms with van der Waals surface area (Å²) in [7, 11) is 3.33. The second kappa shape index (κ2) is 16.4. The van der Waals surface area contributed by atoms with Gasteiger partial charge in [0.05, 0.1) is 35.7 Å². The molecule has 0 unspecified atom stereocenters. The number of hydrogen-bond donors (Lipinski definition) is 1. The number of nitrogens with zero attached hydrogens (tertiary/aromatic N) is 2. The van der Waals surface area contributed by atoms with Gasteiger partial charge in [0.25, 0.3) is 5.69 Å². The van der Waals surface area contributed by atoms with Gasteiger partial charge in [-0.05, 0) is 50.6 Å². The standard InChI is InChI=1S/C37H43N3O6.ClH/c1-25-32(35(41)45-6)34(29-18-13-19-30(22-29)40(43)44)33(26(2)38-25)36(42)46-24-37(3,4)23-39(5)21-20-31(27-14-9-7-10-15-27)28-16-11-8-12-17-28;/h7-19,22,31,34,38H,20-21,23-24H2,1-6H3;1H/t34-;/m0./s1. The van der Waals surface area contributed by atoms with E-state index in [4.69, 9.17) is 9.47 Å². The summed E-state index contributed by atoms with van der Waals surface area (Å²) in [5.74, 6) is -1.88. The number of halogens is 1. The highest BCUT2D eigenvalue weighted by Gasteiger charge is 2.39. The van der Waals surface area contributed by atoms with Crippen molar-refractivity contribution >= 4 is 30.0 Å². The Kier molecular flexibility index (Phi) is 12.9. The molecular formula is C37H44ClN3O6. The molecule has 47 heavy (non-hydrogen) atoms. The van der Waals surface area contributed by atoms with Crippen LogP contribution >= 0.6 is 12.4 Å². The number of dihydropyridines is 1. The Bertz CT molecular complexity index is 1580. The second-order valence-electron chi connectivity index (χ2n) is 12.6. The van der Waals surface area contributed by atoms with Crippen molar-refractivity contribution in [3.8, 4) is 0 Å². The first kappa shape index (κ1) is 37.0. The van der Waals surface area contributed by atoms with E-state index in [0.717, 1.165) is 13.0 Å². The first-order chi connectivity index (χ1) is 21.9. The number of non-ortho nitro benzene ring substituents is 1. The third kappa shape index (κ3) is 9.30. The van der Waals surface area contributed by atoms with Gasteiger partial charge in [-0.1, -0.05) is 86.6 Å². The summed E-state index contributed by atoms with van der Waals surface area (Å²) in [4.78, 5) is 40.1. The number of carbonyl (C=O) groups is 2. The molecule has 0 saturated carbocycles. The van der Waals surface area contributed by atoms with Gasteiger partial charge in [-0.15, -0.1) is 12.4 Å². The van der Waals surface area contributed by atoms with Crippen molar-refractivity contribution in [2.45, 2.75) is 46.0 Å². The zero-order valence-corrected chi connectivity index (χ0v) is 28.6. The summed E-state index contributed by atoms with van der Waals surface area (Å²) in [6.07, 6.45) is 0.922. The highest BCUT2D eigenvalue weighted by molar-refractivity contribution is 5.99. The minimum atomic E-state index is -0.903. The van der Waals surface area contributed by atoms with E-state index in [1.807, 2.05) is 26.0 Å². The molecule has 250 valence electrons. The highest BCUT2D eigenvalue weighted by atomic mass is 35.5. The van der Waals surface area contributed by atoms with E-state index < -0.39 is 28.2 Å². The predicted octanol–water partition coefficient (Wildman–Crippen LogP) is 7.15. The molecule has 3 aromatic rings. The lowest BCUT2D eigenvalue weighted by molar-refractivity contribution is -0.384. The summed E-state index contributed by atoms with van der Waals surface area (Å²) >= 11 is 0. The van der Waals surface area contributed by atoms with Crippen LogP contribution in [-0.2, 0) is 19.1 Å². The number of esters is 2. The minimum absolute atomic E-state index is 0. The van der Waals surface area contributed by atoms with E-state index in [9.17, 15) is 19.7 Å². The van der Waals surface area contributed by atoms with E-state index in [0.29, 0.717) is 23.5 Å². The Morgan fingerprint density at radius 1 is 0.915 bits per heavy atom. The normalized spacial score (nSPS) is 14.9. The van der Waals surface area contributed by atoms with Crippen LogP contribution in [0.5, 0.6) is 0 Å². The number of carbonyl (C=O) groups excluding carboxylic acids is 2. The van der Waals surface area contributed by atoms with E-state index in [-0.39, 0.29) is 41.8 Å². The van der Waals surface area contributed by atoms with Crippen molar-refractivity contribution in [2.75, 3.05) is 33.9 Å². The molecule has 3 aromatic carbocycles. The summed E-state index contributed by atoms with van der Waals surface area (Å²) < 4.78 is 11.0. The highest BCUT2D eigenvalue weighted by Crippen LogP contribution is 2.40. The third-order valence-electron chi connectivity index (χ3n) is 8.30. The molecule has 1 aliphatic rings. The molecule has 10 heteroatoms. The number of nitro groups is 1. The topological polar surface area (TPSA) is 111 Å². The average Bonchev–Trinajstić information content (AvgIpc) is 3.04. The number of hydrogen-bond acceptors (Lipinski definition) is 8. The zero-order valence-electron chi connectivity index (χ0n) is 27.8. The van der Waals surface area contributed by atoms with Crippen molar-refractivity contribution in [1.82, 2.24) is 10.2 Å². The van der Waals surface area contributed by atoms with Gasteiger partial charge in [0.1, 0.15) is 0 Å². The van der Waals surface area contributed by atoms with Crippen molar-refractivity contribution in [3.05, 3.63) is 134 Å². The van der Waals surface area contributed by atoms with Crippen molar-refractivity contribution in [3.63, 3.8) is 0 Å². The molecule has 0 radical (unpaired) electrons. The molecule has 0 aliphatic carbocycles. The Morgan fingerprint density at radius 3 is 2.00 bits per heavy atom. The molecule has 0 saturated heterocycles. The number of nitro benzene ring substituents is 1. The number of rotatable bonds is 13. The second-order valence-corrected chi connectivity index (χ2v) is 12.6. The Balaban J connectivity index is 0.00000600.